The number of amides is 2. The van der Waals surface area contributed by atoms with E-state index in [1.807, 2.05) is 24.3 Å². The Morgan fingerprint density at radius 1 is 1.21 bits per heavy atom. The maximum atomic E-state index is 12.1. The van der Waals surface area contributed by atoms with Crippen molar-refractivity contribution in [2.24, 2.45) is 0 Å². The molecule has 2 amide bonds. The molecule has 1 N–H and O–H groups in total. The normalized spacial score (nSPS) is 26.4. The van der Waals surface area contributed by atoms with Crippen LogP contribution in [0.5, 0.6) is 0 Å². The average Bonchev–Trinajstić information content (AvgIpc) is 2.66. The number of thiocarbonyl (C=S) groups is 1. The first-order valence-corrected chi connectivity index (χ1v) is 7.79. The molecule has 0 saturated carbocycles. The maximum absolute atomic E-state index is 12.1. The van der Waals surface area contributed by atoms with Crippen LogP contribution in [0.4, 0.5) is 5.69 Å². The van der Waals surface area contributed by atoms with Gasteiger partial charge in [0.2, 0.25) is 11.8 Å². The standard InChI is InChI=1S/C12H10N2O2S3/c1-14-11(16)9(19-12(14)17)8-10(15)13-6-4-2-3-5-7(6)18-8/h2-5,8-9H,1H3,(H,13,15)/t8-,9-/m0/s1. The lowest BCUT2D eigenvalue weighted by atomic mass is 10.2. The summed E-state index contributed by atoms with van der Waals surface area (Å²) in [5.74, 6) is -0.227. The number of benzene rings is 1. The molecule has 3 rings (SSSR count). The third kappa shape index (κ3) is 2.15. The van der Waals surface area contributed by atoms with Crippen LogP contribution in [-0.2, 0) is 9.59 Å². The Labute approximate surface area is 124 Å². The van der Waals surface area contributed by atoms with Crippen LogP contribution in [0.1, 0.15) is 0 Å². The minimum absolute atomic E-state index is 0.0953. The molecular weight excluding hydrogens is 300 g/mol. The number of nitrogens with one attached hydrogen (secondary N) is 1. The van der Waals surface area contributed by atoms with E-state index in [4.69, 9.17) is 12.2 Å². The van der Waals surface area contributed by atoms with Gasteiger partial charge in [-0.2, -0.15) is 0 Å². The van der Waals surface area contributed by atoms with Crippen molar-refractivity contribution in [1.82, 2.24) is 4.90 Å². The van der Waals surface area contributed by atoms with Gasteiger partial charge in [0.25, 0.3) is 0 Å². The molecule has 1 aromatic carbocycles. The molecule has 1 aromatic rings. The van der Waals surface area contributed by atoms with Crippen LogP contribution >= 0.6 is 35.7 Å². The molecule has 1 saturated heterocycles. The molecule has 0 aliphatic carbocycles. The first kappa shape index (κ1) is 13.0. The average molecular weight is 310 g/mol. The van der Waals surface area contributed by atoms with Gasteiger partial charge in [-0.05, 0) is 12.1 Å². The van der Waals surface area contributed by atoms with E-state index in [2.05, 4.69) is 5.32 Å². The fourth-order valence-electron chi connectivity index (χ4n) is 1.98. The molecule has 0 radical (unpaired) electrons. The van der Waals surface area contributed by atoms with Crippen molar-refractivity contribution >= 4 is 57.6 Å². The molecule has 2 aliphatic heterocycles. The monoisotopic (exact) mass is 310 g/mol. The second-order valence-corrected chi connectivity index (χ2v) is 7.18. The molecule has 2 aliphatic rings. The zero-order valence-corrected chi connectivity index (χ0v) is 12.4. The Kier molecular flexibility index (Phi) is 3.28. The molecule has 19 heavy (non-hydrogen) atoms. The number of thioether (sulfide) groups is 2. The van der Waals surface area contributed by atoms with E-state index in [1.165, 1.54) is 28.4 Å². The lowest BCUT2D eigenvalue weighted by Gasteiger charge is -2.26. The van der Waals surface area contributed by atoms with Crippen LogP contribution in [0.2, 0.25) is 0 Å². The van der Waals surface area contributed by atoms with Crippen LogP contribution in [0.3, 0.4) is 0 Å². The van der Waals surface area contributed by atoms with Crippen molar-refractivity contribution in [3.8, 4) is 0 Å². The molecule has 7 heteroatoms. The maximum Gasteiger partial charge on any atom is 0.243 e. The second kappa shape index (κ2) is 4.81. The number of hydrogen-bond acceptors (Lipinski definition) is 5. The smallest absolute Gasteiger partial charge is 0.243 e. The Morgan fingerprint density at radius 2 is 1.95 bits per heavy atom. The Bertz CT molecular complexity index is 590. The summed E-state index contributed by atoms with van der Waals surface area (Å²) in [4.78, 5) is 26.7. The first-order chi connectivity index (χ1) is 9.08. The van der Waals surface area contributed by atoms with Crippen LogP contribution in [-0.4, -0.2) is 38.6 Å². The number of rotatable bonds is 1. The highest BCUT2D eigenvalue weighted by Crippen LogP contribution is 2.42. The summed E-state index contributed by atoms with van der Waals surface area (Å²) in [5, 5.41) is 1.98. The van der Waals surface area contributed by atoms with Gasteiger partial charge in [-0.25, -0.2) is 0 Å². The first-order valence-electron chi connectivity index (χ1n) is 5.62. The predicted octanol–water partition coefficient (Wildman–Crippen LogP) is 1.96. The molecule has 2 heterocycles. The minimum atomic E-state index is -0.435. The van der Waals surface area contributed by atoms with Gasteiger partial charge in [-0.1, -0.05) is 36.1 Å². The van der Waals surface area contributed by atoms with E-state index in [9.17, 15) is 9.59 Å². The number of carbonyl (C=O) groups excluding carboxylic acids is 2. The molecule has 0 unspecified atom stereocenters. The highest BCUT2D eigenvalue weighted by atomic mass is 32.2. The summed E-state index contributed by atoms with van der Waals surface area (Å²) in [6.45, 7) is 0. The Hall–Kier alpha value is -1.05. The molecular formula is C12H10N2O2S3. The van der Waals surface area contributed by atoms with Gasteiger partial charge in [-0.15, -0.1) is 11.8 Å². The summed E-state index contributed by atoms with van der Waals surface area (Å²) in [5.41, 5.74) is 0.806. The van der Waals surface area contributed by atoms with E-state index in [-0.39, 0.29) is 11.8 Å². The molecule has 0 bridgehead atoms. The van der Waals surface area contributed by atoms with Gasteiger partial charge >= 0.3 is 0 Å². The van der Waals surface area contributed by atoms with Crippen molar-refractivity contribution in [3.05, 3.63) is 24.3 Å². The largest absolute Gasteiger partial charge is 0.324 e. The summed E-state index contributed by atoms with van der Waals surface area (Å²) >= 11 is 7.83. The van der Waals surface area contributed by atoms with E-state index in [0.717, 1.165) is 10.6 Å². The minimum Gasteiger partial charge on any atom is -0.324 e. The van der Waals surface area contributed by atoms with E-state index in [0.29, 0.717) is 4.32 Å². The zero-order chi connectivity index (χ0) is 13.6. The Morgan fingerprint density at radius 3 is 2.63 bits per heavy atom. The quantitative estimate of drug-likeness (QED) is 0.804. The summed E-state index contributed by atoms with van der Waals surface area (Å²) < 4.78 is 0.530. The van der Waals surface area contributed by atoms with Gasteiger partial charge in [0, 0.05) is 11.9 Å². The number of hydrogen-bond donors (Lipinski definition) is 1. The lowest BCUT2D eigenvalue weighted by molar-refractivity contribution is -0.127. The fourth-order valence-corrected chi connectivity index (χ4v) is 4.76. The highest BCUT2D eigenvalue weighted by Gasteiger charge is 2.45. The topological polar surface area (TPSA) is 49.4 Å². The van der Waals surface area contributed by atoms with Crippen molar-refractivity contribution in [2.75, 3.05) is 12.4 Å². The molecule has 0 aromatic heterocycles. The molecule has 2 atom stereocenters. The van der Waals surface area contributed by atoms with Gasteiger partial charge in [0.1, 0.15) is 14.8 Å². The molecule has 4 nitrogen and oxygen atoms in total. The van der Waals surface area contributed by atoms with E-state index in [1.54, 1.807) is 7.05 Å². The number of anilines is 1. The van der Waals surface area contributed by atoms with Crippen molar-refractivity contribution in [1.29, 1.82) is 0 Å². The summed E-state index contributed by atoms with van der Waals surface area (Å²) in [6, 6.07) is 7.59. The van der Waals surface area contributed by atoms with Gasteiger partial charge in [0.05, 0.1) is 5.69 Å². The number of para-hydroxylation sites is 1. The zero-order valence-electron chi connectivity index (χ0n) is 9.95. The Balaban J connectivity index is 1.90. The third-order valence-electron chi connectivity index (χ3n) is 3.01. The van der Waals surface area contributed by atoms with Crippen molar-refractivity contribution in [2.45, 2.75) is 15.4 Å². The van der Waals surface area contributed by atoms with Gasteiger partial charge in [-0.3, -0.25) is 14.5 Å². The van der Waals surface area contributed by atoms with Crippen LogP contribution in [0, 0.1) is 0 Å². The molecule has 1 fully saturated rings. The van der Waals surface area contributed by atoms with Crippen LogP contribution < -0.4 is 5.32 Å². The van der Waals surface area contributed by atoms with Crippen LogP contribution in [0.25, 0.3) is 0 Å². The number of carbonyl (C=O) groups is 2. The summed E-state index contributed by atoms with van der Waals surface area (Å²) in [7, 11) is 1.65. The van der Waals surface area contributed by atoms with Crippen LogP contribution in [0.15, 0.2) is 29.2 Å². The number of fused-ring (bicyclic) bond motifs is 1. The predicted molar refractivity (Wildman–Crippen MR) is 81.5 cm³/mol. The summed E-state index contributed by atoms with van der Waals surface area (Å²) in [6.07, 6.45) is 0. The fraction of sp³-hybridized carbons (Fsp3) is 0.250. The molecule has 98 valence electrons. The second-order valence-electron chi connectivity index (χ2n) is 4.23. The van der Waals surface area contributed by atoms with Crippen molar-refractivity contribution in [3.63, 3.8) is 0 Å². The van der Waals surface area contributed by atoms with Gasteiger partial charge in [0.15, 0.2) is 0 Å². The molecule has 0 spiro atoms. The van der Waals surface area contributed by atoms with Gasteiger partial charge < -0.3 is 5.32 Å². The SMILES string of the molecule is CN1C(=O)[C@H]([C@@H]2Sc3ccccc3NC2=O)SC1=S. The highest BCUT2D eigenvalue weighted by molar-refractivity contribution is 8.24. The van der Waals surface area contributed by atoms with Crippen molar-refractivity contribution < 1.29 is 9.59 Å². The lowest BCUT2D eigenvalue weighted by Crippen LogP contribution is -2.41. The third-order valence-corrected chi connectivity index (χ3v) is 6.30. The van der Waals surface area contributed by atoms with E-state index >= 15 is 0 Å². The number of nitrogens with zero attached hydrogens (tertiary/aromatic N) is 1. The van der Waals surface area contributed by atoms with E-state index < -0.39 is 10.5 Å².